The van der Waals surface area contributed by atoms with E-state index in [1.807, 2.05) is 20.8 Å². The van der Waals surface area contributed by atoms with Crippen LogP contribution in [0.3, 0.4) is 0 Å². The number of amides is 1. The van der Waals surface area contributed by atoms with Gasteiger partial charge in [-0.2, -0.15) is 0 Å². The van der Waals surface area contributed by atoms with Gasteiger partial charge in [0.2, 0.25) is 0 Å². The van der Waals surface area contributed by atoms with Crippen LogP contribution in [0.4, 0.5) is 4.79 Å². The Morgan fingerprint density at radius 1 is 0.846 bits per heavy atom. The summed E-state index contributed by atoms with van der Waals surface area (Å²) in [6, 6.07) is 0.108. The highest BCUT2D eigenvalue weighted by Gasteiger charge is 2.45. The van der Waals surface area contributed by atoms with Gasteiger partial charge in [0.1, 0.15) is 11.4 Å². The molecule has 0 aromatic rings. The third-order valence-corrected chi connectivity index (χ3v) is 6.58. The molecule has 3 rings (SSSR count). The molecule has 0 bridgehead atoms. The Labute approximate surface area is 159 Å². The van der Waals surface area contributed by atoms with Crippen LogP contribution in [0.1, 0.15) is 97.8 Å². The molecule has 0 spiro atoms. The second-order valence-electron chi connectivity index (χ2n) is 9.77. The Morgan fingerprint density at radius 3 is 1.65 bits per heavy atom. The van der Waals surface area contributed by atoms with E-state index in [1.54, 1.807) is 0 Å². The highest BCUT2D eigenvalue weighted by Crippen LogP contribution is 2.40. The zero-order valence-corrected chi connectivity index (χ0v) is 17.0. The first-order chi connectivity index (χ1) is 12.3. The Kier molecular flexibility index (Phi) is 6.29. The summed E-state index contributed by atoms with van der Waals surface area (Å²) in [6.07, 6.45) is 13.0. The van der Waals surface area contributed by atoms with Crippen LogP contribution in [-0.2, 0) is 9.53 Å². The lowest BCUT2D eigenvalue weighted by Crippen LogP contribution is -2.58. The van der Waals surface area contributed by atoms with E-state index in [-0.39, 0.29) is 18.2 Å². The van der Waals surface area contributed by atoms with Gasteiger partial charge in [0.25, 0.3) is 0 Å². The number of rotatable bonds is 2. The minimum atomic E-state index is -0.493. The van der Waals surface area contributed by atoms with E-state index >= 15 is 0 Å². The number of likely N-dealkylation sites (tertiary alicyclic amines) is 1. The Morgan fingerprint density at radius 2 is 1.27 bits per heavy atom. The predicted octanol–water partition coefficient (Wildman–Crippen LogP) is 5.48. The van der Waals surface area contributed by atoms with Gasteiger partial charge in [-0.05, 0) is 58.3 Å². The van der Waals surface area contributed by atoms with Crippen LogP contribution in [-0.4, -0.2) is 34.5 Å². The minimum absolute atomic E-state index is 0.0540. The summed E-state index contributed by atoms with van der Waals surface area (Å²) < 4.78 is 5.83. The third-order valence-electron chi connectivity index (χ3n) is 6.58. The SMILES string of the molecule is CC(C)(C)OC(=O)N1[C@@H](C2CCCCC2)CC(=O)C[C@H]1C1CCCCC1. The molecule has 0 radical (unpaired) electrons. The van der Waals surface area contributed by atoms with E-state index in [2.05, 4.69) is 4.90 Å². The monoisotopic (exact) mass is 363 g/mol. The molecule has 0 aromatic carbocycles. The lowest BCUT2D eigenvalue weighted by molar-refractivity contribution is -0.128. The van der Waals surface area contributed by atoms with Gasteiger partial charge in [-0.25, -0.2) is 4.79 Å². The minimum Gasteiger partial charge on any atom is -0.444 e. The molecule has 2 saturated carbocycles. The summed E-state index contributed by atoms with van der Waals surface area (Å²) in [5.41, 5.74) is -0.493. The maximum atomic E-state index is 13.2. The molecule has 4 nitrogen and oxygen atoms in total. The first-order valence-electron chi connectivity index (χ1n) is 10.9. The van der Waals surface area contributed by atoms with Crippen molar-refractivity contribution in [3.8, 4) is 0 Å². The summed E-state index contributed by atoms with van der Waals surface area (Å²) in [5.74, 6) is 1.29. The summed E-state index contributed by atoms with van der Waals surface area (Å²) >= 11 is 0. The van der Waals surface area contributed by atoms with Gasteiger partial charge in [-0.3, -0.25) is 4.79 Å². The summed E-state index contributed by atoms with van der Waals surface area (Å²) in [5, 5.41) is 0. The molecule has 1 saturated heterocycles. The van der Waals surface area contributed by atoms with E-state index in [1.165, 1.54) is 38.5 Å². The van der Waals surface area contributed by atoms with Crippen molar-refractivity contribution in [2.45, 2.75) is 116 Å². The molecule has 1 aliphatic heterocycles. The fourth-order valence-corrected chi connectivity index (χ4v) is 5.40. The molecule has 2 atom stereocenters. The van der Waals surface area contributed by atoms with Crippen LogP contribution >= 0.6 is 0 Å². The van der Waals surface area contributed by atoms with Gasteiger partial charge in [-0.1, -0.05) is 38.5 Å². The van der Waals surface area contributed by atoms with Crippen LogP contribution in [0.25, 0.3) is 0 Å². The molecule has 0 N–H and O–H groups in total. The van der Waals surface area contributed by atoms with Gasteiger partial charge in [0, 0.05) is 24.9 Å². The molecule has 4 heteroatoms. The molecule has 26 heavy (non-hydrogen) atoms. The van der Waals surface area contributed by atoms with Gasteiger partial charge >= 0.3 is 6.09 Å². The maximum Gasteiger partial charge on any atom is 0.410 e. The lowest BCUT2D eigenvalue weighted by Gasteiger charge is -2.48. The maximum absolute atomic E-state index is 13.2. The number of Topliss-reactive ketones (excluding diaryl/α,β-unsaturated/α-hetero) is 1. The van der Waals surface area contributed by atoms with Gasteiger partial charge in [-0.15, -0.1) is 0 Å². The van der Waals surface area contributed by atoms with E-state index in [9.17, 15) is 9.59 Å². The van der Waals surface area contributed by atoms with Crippen molar-refractivity contribution in [1.29, 1.82) is 0 Å². The zero-order valence-electron chi connectivity index (χ0n) is 17.0. The number of hydrogen-bond donors (Lipinski definition) is 0. The summed E-state index contributed by atoms with van der Waals surface area (Å²) in [7, 11) is 0. The largest absolute Gasteiger partial charge is 0.444 e. The molecule has 0 unspecified atom stereocenters. The van der Waals surface area contributed by atoms with Gasteiger partial charge in [0.05, 0.1) is 0 Å². The third kappa shape index (κ3) is 4.80. The molecule has 1 amide bonds. The molecule has 2 aliphatic carbocycles. The van der Waals surface area contributed by atoms with Crippen molar-refractivity contribution in [3.63, 3.8) is 0 Å². The second-order valence-corrected chi connectivity index (χ2v) is 9.77. The fourth-order valence-electron chi connectivity index (χ4n) is 5.40. The Bertz CT molecular complexity index is 468. The van der Waals surface area contributed by atoms with Crippen molar-refractivity contribution in [3.05, 3.63) is 0 Å². The zero-order chi connectivity index (χ0) is 18.7. The normalized spacial score (nSPS) is 29.7. The van der Waals surface area contributed by atoms with Crippen LogP contribution in [0.5, 0.6) is 0 Å². The molecule has 1 heterocycles. The Hall–Kier alpha value is -1.06. The van der Waals surface area contributed by atoms with Crippen molar-refractivity contribution in [2.24, 2.45) is 11.8 Å². The number of piperidine rings is 1. The number of carbonyl (C=O) groups is 2. The first-order valence-corrected chi connectivity index (χ1v) is 10.9. The highest BCUT2D eigenvalue weighted by atomic mass is 16.6. The average Bonchev–Trinajstić information content (AvgIpc) is 2.61. The van der Waals surface area contributed by atoms with E-state index in [0.29, 0.717) is 30.5 Å². The number of hydrogen-bond acceptors (Lipinski definition) is 3. The highest BCUT2D eigenvalue weighted by molar-refractivity contribution is 5.83. The van der Waals surface area contributed by atoms with Crippen molar-refractivity contribution in [1.82, 2.24) is 4.90 Å². The Balaban J connectivity index is 1.86. The molecule has 3 fully saturated rings. The first kappa shape index (κ1) is 19.7. The fraction of sp³-hybridized carbons (Fsp3) is 0.909. The standard InChI is InChI=1S/C22H37NO3/c1-22(2,3)26-21(25)23-19(16-10-6-4-7-11-16)14-18(24)15-20(23)17-12-8-5-9-13-17/h16-17,19-20H,4-15H2,1-3H3/t19-,20+. The van der Waals surface area contributed by atoms with Crippen LogP contribution in [0.15, 0.2) is 0 Å². The lowest BCUT2D eigenvalue weighted by atomic mass is 9.74. The number of carbonyl (C=O) groups excluding carboxylic acids is 2. The number of ketones is 1. The predicted molar refractivity (Wildman–Crippen MR) is 103 cm³/mol. The quantitative estimate of drug-likeness (QED) is 0.652. The van der Waals surface area contributed by atoms with Crippen molar-refractivity contribution >= 4 is 11.9 Å². The number of nitrogens with zero attached hydrogens (tertiary/aromatic N) is 1. The average molecular weight is 364 g/mol. The van der Waals surface area contributed by atoms with E-state index < -0.39 is 5.60 Å². The van der Waals surface area contributed by atoms with Crippen LogP contribution in [0.2, 0.25) is 0 Å². The summed E-state index contributed by atoms with van der Waals surface area (Å²) in [4.78, 5) is 27.9. The van der Waals surface area contributed by atoms with Crippen molar-refractivity contribution in [2.75, 3.05) is 0 Å². The van der Waals surface area contributed by atoms with E-state index in [4.69, 9.17) is 4.74 Å². The molecule has 0 aromatic heterocycles. The molecule has 148 valence electrons. The van der Waals surface area contributed by atoms with Crippen LogP contribution < -0.4 is 0 Å². The van der Waals surface area contributed by atoms with Gasteiger partial charge < -0.3 is 9.64 Å². The van der Waals surface area contributed by atoms with Crippen LogP contribution in [0, 0.1) is 11.8 Å². The smallest absolute Gasteiger partial charge is 0.410 e. The molecule has 3 aliphatic rings. The van der Waals surface area contributed by atoms with Gasteiger partial charge in [0.15, 0.2) is 0 Å². The second kappa shape index (κ2) is 8.31. The topological polar surface area (TPSA) is 46.6 Å². The molecular weight excluding hydrogens is 326 g/mol. The van der Waals surface area contributed by atoms with E-state index in [0.717, 1.165) is 25.7 Å². The summed E-state index contributed by atoms with van der Waals surface area (Å²) in [6.45, 7) is 5.81. The molecular formula is C22H37NO3. The number of ether oxygens (including phenoxy) is 1. The van der Waals surface area contributed by atoms with Crippen molar-refractivity contribution < 1.29 is 14.3 Å².